The molecule has 0 unspecified atom stereocenters. The van der Waals surface area contributed by atoms with Crippen LogP contribution in [-0.4, -0.2) is 55.7 Å². The Labute approximate surface area is 196 Å². The zero-order valence-corrected chi connectivity index (χ0v) is 19.6. The molecule has 1 aliphatic heterocycles. The van der Waals surface area contributed by atoms with E-state index in [0.29, 0.717) is 36.7 Å². The number of ether oxygens (including phenoxy) is 1. The van der Waals surface area contributed by atoms with Crippen molar-refractivity contribution in [2.45, 2.75) is 32.9 Å². The molecule has 3 aromatic heterocycles. The first-order chi connectivity index (χ1) is 16.5. The van der Waals surface area contributed by atoms with Gasteiger partial charge in [0.15, 0.2) is 5.65 Å². The minimum Gasteiger partial charge on any atom is -0.383 e. The minimum absolute atomic E-state index is 0.0968. The molecule has 0 fully saturated rings. The van der Waals surface area contributed by atoms with Gasteiger partial charge in [-0.05, 0) is 32.9 Å². The van der Waals surface area contributed by atoms with Crippen LogP contribution in [0.5, 0.6) is 0 Å². The molecule has 0 saturated carbocycles. The van der Waals surface area contributed by atoms with Crippen molar-refractivity contribution in [2.24, 2.45) is 0 Å². The average molecular weight is 459 g/mol. The molecule has 10 heteroatoms. The molecule has 2 N–H and O–H groups in total. The van der Waals surface area contributed by atoms with Crippen LogP contribution >= 0.6 is 0 Å². The molecule has 34 heavy (non-hydrogen) atoms. The second kappa shape index (κ2) is 8.54. The molecule has 1 aliphatic rings. The van der Waals surface area contributed by atoms with Gasteiger partial charge in [-0.25, -0.2) is 24.9 Å². The minimum atomic E-state index is -0.872. The molecule has 1 amide bonds. The Balaban J connectivity index is 1.63. The lowest BCUT2D eigenvalue weighted by molar-refractivity contribution is -0.121. The van der Waals surface area contributed by atoms with E-state index in [1.54, 1.807) is 25.8 Å². The summed E-state index contributed by atoms with van der Waals surface area (Å²) in [7, 11) is 1.64. The van der Waals surface area contributed by atoms with Crippen molar-refractivity contribution in [1.29, 1.82) is 0 Å². The van der Waals surface area contributed by atoms with E-state index in [1.807, 2.05) is 43.5 Å². The predicted molar refractivity (Wildman–Crippen MR) is 128 cm³/mol. The summed E-state index contributed by atoms with van der Waals surface area (Å²) in [6.07, 6.45) is 5.09. The summed E-state index contributed by atoms with van der Waals surface area (Å²) in [5, 5.41) is 6.30. The highest BCUT2D eigenvalue weighted by Crippen LogP contribution is 2.39. The quantitative estimate of drug-likeness (QED) is 0.406. The lowest BCUT2D eigenvalue weighted by Crippen LogP contribution is -2.46. The molecule has 0 aliphatic carbocycles. The van der Waals surface area contributed by atoms with Gasteiger partial charge in [-0.2, -0.15) is 0 Å². The number of benzene rings is 1. The van der Waals surface area contributed by atoms with Gasteiger partial charge in [0.25, 0.3) is 0 Å². The van der Waals surface area contributed by atoms with E-state index < -0.39 is 5.54 Å². The second-order valence-electron chi connectivity index (χ2n) is 8.35. The maximum atomic E-state index is 12.8. The van der Waals surface area contributed by atoms with E-state index in [9.17, 15) is 4.79 Å². The van der Waals surface area contributed by atoms with Crippen molar-refractivity contribution >= 4 is 22.8 Å². The van der Waals surface area contributed by atoms with Gasteiger partial charge in [-0.1, -0.05) is 6.07 Å². The number of carbonyl (C=O) groups is 1. The van der Waals surface area contributed by atoms with Crippen molar-refractivity contribution in [3.8, 4) is 22.6 Å². The topological polar surface area (TPSA) is 120 Å². The van der Waals surface area contributed by atoms with Crippen LogP contribution in [-0.2, 0) is 21.6 Å². The van der Waals surface area contributed by atoms with Gasteiger partial charge < -0.3 is 14.6 Å². The third kappa shape index (κ3) is 3.51. The van der Waals surface area contributed by atoms with Gasteiger partial charge in [-0.3, -0.25) is 10.1 Å². The summed E-state index contributed by atoms with van der Waals surface area (Å²) in [5.41, 5.74) is 4.56. The Bertz CT molecular complexity index is 1380. The monoisotopic (exact) mass is 458 g/mol. The number of carbonyl (C=O) groups excluding carboxylic acids is 1. The fourth-order valence-electron chi connectivity index (χ4n) is 4.34. The van der Waals surface area contributed by atoms with Crippen molar-refractivity contribution in [1.82, 2.24) is 34.8 Å². The van der Waals surface area contributed by atoms with Gasteiger partial charge in [0.1, 0.15) is 34.7 Å². The zero-order valence-electron chi connectivity index (χ0n) is 19.6. The molecule has 4 aromatic rings. The largest absolute Gasteiger partial charge is 0.383 e. The van der Waals surface area contributed by atoms with Crippen LogP contribution in [0.15, 0.2) is 36.9 Å². The SMILES string of the molecule is CCn1c(-c2cnc(C)nc2)nc2c(-c3ccc4c(c3)[C@@](C)(NCCOC)C(=O)N4)ncnc21. The number of hydrogen-bond acceptors (Lipinski definition) is 8. The van der Waals surface area contributed by atoms with Gasteiger partial charge in [-0.15, -0.1) is 0 Å². The first-order valence-electron chi connectivity index (χ1n) is 11.2. The number of amides is 1. The highest BCUT2D eigenvalue weighted by atomic mass is 16.5. The number of aryl methyl sites for hydroxylation is 2. The highest BCUT2D eigenvalue weighted by Gasteiger charge is 2.42. The summed E-state index contributed by atoms with van der Waals surface area (Å²) in [6, 6.07) is 5.85. The Morgan fingerprint density at radius 3 is 2.68 bits per heavy atom. The third-order valence-corrected chi connectivity index (χ3v) is 6.21. The Kier molecular flexibility index (Phi) is 5.54. The van der Waals surface area contributed by atoms with Crippen LogP contribution in [0.2, 0.25) is 0 Å². The van der Waals surface area contributed by atoms with Crippen LogP contribution in [0.1, 0.15) is 25.2 Å². The maximum Gasteiger partial charge on any atom is 0.249 e. The molecule has 0 bridgehead atoms. The smallest absolute Gasteiger partial charge is 0.249 e. The van der Waals surface area contributed by atoms with Crippen molar-refractivity contribution in [2.75, 3.05) is 25.6 Å². The van der Waals surface area contributed by atoms with Crippen molar-refractivity contribution in [3.63, 3.8) is 0 Å². The van der Waals surface area contributed by atoms with Gasteiger partial charge in [0.05, 0.1) is 12.2 Å². The number of methoxy groups -OCH3 is 1. The first kappa shape index (κ1) is 22.1. The summed E-state index contributed by atoms with van der Waals surface area (Å²) < 4.78 is 7.18. The van der Waals surface area contributed by atoms with Gasteiger partial charge in [0, 0.05) is 49.4 Å². The maximum absolute atomic E-state index is 12.8. The molecule has 1 aromatic carbocycles. The van der Waals surface area contributed by atoms with Gasteiger partial charge in [0.2, 0.25) is 5.91 Å². The van der Waals surface area contributed by atoms with E-state index in [0.717, 1.165) is 33.8 Å². The number of hydrogen-bond donors (Lipinski definition) is 2. The standard InChI is InChI=1S/C24H26N8O2/c1-5-32-21(16-11-25-14(2)26-12-16)31-20-19(27-13-28-22(20)32)15-6-7-18-17(10-15)24(3,23(33)30-18)29-8-9-34-4/h6-7,10-13,29H,5,8-9H2,1-4H3,(H,30,33)/t24-/m1/s1. The summed E-state index contributed by atoms with van der Waals surface area (Å²) in [6.45, 7) is 7.51. The lowest BCUT2D eigenvalue weighted by Gasteiger charge is -2.24. The van der Waals surface area contributed by atoms with E-state index in [-0.39, 0.29) is 5.91 Å². The molecule has 0 saturated heterocycles. The Morgan fingerprint density at radius 2 is 1.94 bits per heavy atom. The second-order valence-corrected chi connectivity index (χ2v) is 8.35. The normalized spacial score (nSPS) is 17.2. The van der Waals surface area contributed by atoms with E-state index in [4.69, 9.17) is 9.72 Å². The molecule has 174 valence electrons. The van der Waals surface area contributed by atoms with Crippen LogP contribution in [0.4, 0.5) is 5.69 Å². The predicted octanol–water partition coefficient (Wildman–Crippen LogP) is 2.68. The lowest BCUT2D eigenvalue weighted by atomic mass is 9.91. The zero-order chi connectivity index (χ0) is 23.9. The number of fused-ring (bicyclic) bond motifs is 2. The number of rotatable bonds is 7. The summed E-state index contributed by atoms with van der Waals surface area (Å²) in [4.78, 5) is 35.5. The number of nitrogens with one attached hydrogen (secondary N) is 2. The van der Waals surface area contributed by atoms with Crippen molar-refractivity contribution < 1.29 is 9.53 Å². The highest BCUT2D eigenvalue weighted by molar-refractivity contribution is 6.06. The van der Waals surface area contributed by atoms with E-state index in [2.05, 4.69) is 30.6 Å². The van der Waals surface area contributed by atoms with Crippen LogP contribution < -0.4 is 10.6 Å². The molecule has 1 atom stereocenters. The third-order valence-electron chi connectivity index (χ3n) is 6.21. The molecule has 4 heterocycles. The van der Waals surface area contributed by atoms with Crippen molar-refractivity contribution in [3.05, 3.63) is 48.3 Å². The average Bonchev–Trinajstić information content (AvgIpc) is 3.34. The summed E-state index contributed by atoms with van der Waals surface area (Å²) >= 11 is 0. The van der Waals surface area contributed by atoms with Crippen LogP contribution in [0.25, 0.3) is 33.8 Å². The van der Waals surface area contributed by atoms with Gasteiger partial charge >= 0.3 is 0 Å². The molecular formula is C24H26N8O2. The Hall–Kier alpha value is -3.76. The molecule has 10 nitrogen and oxygen atoms in total. The molecule has 0 radical (unpaired) electrons. The van der Waals surface area contributed by atoms with E-state index >= 15 is 0 Å². The molecule has 5 rings (SSSR count). The number of imidazole rings is 1. The number of nitrogens with zero attached hydrogens (tertiary/aromatic N) is 6. The Morgan fingerprint density at radius 1 is 1.15 bits per heavy atom. The number of anilines is 1. The fourth-order valence-corrected chi connectivity index (χ4v) is 4.34. The first-order valence-corrected chi connectivity index (χ1v) is 11.2. The molecular weight excluding hydrogens is 432 g/mol. The van der Waals surface area contributed by atoms with Crippen LogP contribution in [0, 0.1) is 6.92 Å². The van der Waals surface area contributed by atoms with E-state index in [1.165, 1.54) is 0 Å². The van der Waals surface area contributed by atoms with Crippen LogP contribution in [0.3, 0.4) is 0 Å². The summed E-state index contributed by atoms with van der Waals surface area (Å²) in [5.74, 6) is 1.34. The fraction of sp³-hybridized carbons (Fsp3) is 0.333. The molecule has 0 spiro atoms. The number of aromatic nitrogens is 6.